The highest BCUT2D eigenvalue weighted by Gasteiger charge is 2.06. The van der Waals surface area contributed by atoms with Crippen LogP contribution in [0.2, 0.25) is 0 Å². The molecule has 10 heavy (non-hydrogen) atoms. The van der Waals surface area contributed by atoms with Crippen molar-refractivity contribution in [3.63, 3.8) is 0 Å². The SMILES string of the molecule is COc1cc(C(C)N)on1. The molecule has 0 saturated heterocycles. The summed E-state index contributed by atoms with van der Waals surface area (Å²) in [6.45, 7) is 1.82. The Labute approximate surface area is 58.9 Å². The predicted molar refractivity (Wildman–Crippen MR) is 35.7 cm³/mol. The van der Waals surface area contributed by atoms with E-state index in [1.165, 1.54) is 7.11 Å². The third-order valence-electron chi connectivity index (χ3n) is 1.16. The summed E-state index contributed by atoms with van der Waals surface area (Å²) >= 11 is 0. The molecule has 0 aromatic carbocycles. The highest BCUT2D eigenvalue weighted by Crippen LogP contribution is 2.15. The predicted octanol–water partition coefficient (Wildman–Crippen LogP) is 0.703. The summed E-state index contributed by atoms with van der Waals surface area (Å²) in [5.41, 5.74) is 5.49. The first-order valence-corrected chi connectivity index (χ1v) is 3.00. The summed E-state index contributed by atoms with van der Waals surface area (Å²) < 4.78 is 9.60. The van der Waals surface area contributed by atoms with E-state index in [1.807, 2.05) is 6.92 Å². The molecular formula is C6H10N2O2. The highest BCUT2D eigenvalue weighted by atomic mass is 16.5. The molecule has 0 amide bonds. The van der Waals surface area contributed by atoms with Gasteiger partial charge in [0.1, 0.15) is 0 Å². The van der Waals surface area contributed by atoms with Crippen molar-refractivity contribution in [2.24, 2.45) is 5.73 Å². The van der Waals surface area contributed by atoms with Gasteiger partial charge in [0, 0.05) is 6.07 Å². The van der Waals surface area contributed by atoms with Crippen LogP contribution in [0.25, 0.3) is 0 Å². The van der Waals surface area contributed by atoms with Gasteiger partial charge in [0.15, 0.2) is 5.76 Å². The Hall–Kier alpha value is -1.03. The fraction of sp³-hybridized carbons (Fsp3) is 0.500. The summed E-state index contributed by atoms with van der Waals surface area (Å²) in [5.74, 6) is 1.10. The van der Waals surface area contributed by atoms with Gasteiger partial charge in [0.2, 0.25) is 0 Å². The smallest absolute Gasteiger partial charge is 0.254 e. The Morgan fingerprint density at radius 1 is 1.80 bits per heavy atom. The monoisotopic (exact) mass is 142 g/mol. The molecule has 0 radical (unpaired) electrons. The van der Waals surface area contributed by atoms with Gasteiger partial charge in [0.05, 0.1) is 13.2 Å². The molecule has 0 spiro atoms. The minimum atomic E-state index is -0.128. The minimum absolute atomic E-state index is 0.128. The zero-order valence-electron chi connectivity index (χ0n) is 6.00. The highest BCUT2D eigenvalue weighted by molar-refractivity contribution is 5.12. The topological polar surface area (TPSA) is 61.3 Å². The number of nitrogens with two attached hydrogens (primary N) is 1. The molecule has 0 saturated carbocycles. The first-order chi connectivity index (χ1) is 4.74. The van der Waals surface area contributed by atoms with Crippen LogP contribution in [0.15, 0.2) is 10.6 Å². The van der Waals surface area contributed by atoms with Gasteiger partial charge in [-0.25, -0.2) is 0 Å². The first-order valence-electron chi connectivity index (χ1n) is 3.00. The van der Waals surface area contributed by atoms with E-state index in [0.717, 1.165) is 0 Å². The lowest BCUT2D eigenvalue weighted by molar-refractivity contribution is 0.320. The van der Waals surface area contributed by atoms with E-state index in [4.69, 9.17) is 15.0 Å². The second-order valence-electron chi connectivity index (χ2n) is 2.06. The van der Waals surface area contributed by atoms with E-state index in [2.05, 4.69) is 5.16 Å². The molecule has 4 heteroatoms. The van der Waals surface area contributed by atoms with Gasteiger partial charge in [-0.2, -0.15) is 0 Å². The molecule has 1 aromatic heterocycles. The Morgan fingerprint density at radius 3 is 2.80 bits per heavy atom. The zero-order valence-corrected chi connectivity index (χ0v) is 6.00. The van der Waals surface area contributed by atoms with Crippen molar-refractivity contribution < 1.29 is 9.26 Å². The number of rotatable bonds is 2. The molecule has 1 aromatic rings. The molecule has 1 unspecified atom stereocenters. The minimum Gasteiger partial charge on any atom is -0.479 e. The van der Waals surface area contributed by atoms with Gasteiger partial charge >= 0.3 is 0 Å². The number of methoxy groups -OCH3 is 1. The molecule has 0 aliphatic carbocycles. The van der Waals surface area contributed by atoms with Crippen molar-refractivity contribution in [1.82, 2.24) is 5.16 Å². The molecule has 1 heterocycles. The van der Waals surface area contributed by atoms with Crippen LogP contribution in [0.3, 0.4) is 0 Å². The summed E-state index contributed by atoms with van der Waals surface area (Å²) in [4.78, 5) is 0. The van der Waals surface area contributed by atoms with Gasteiger partial charge in [-0.1, -0.05) is 0 Å². The van der Waals surface area contributed by atoms with E-state index in [-0.39, 0.29) is 6.04 Å². The lowest BCUT2D eigenvalue weighted by Crippen LogP contribution is -2.02. The maximum Gasteiger partial charge on any atom is 0.254 e. The first kappa shape index (κ1) is 7.08. The number of hydrogen-bond donors (Lipinski definition) is 1. The largest absolute Gasteiger partial charge is 0.479 e. The summed E-state index contributed by atoms with van der Waals surface area (Å²) in [6, 6.07) is 1.54. The van der Waals surface area contributed by atoms with Crippen molar-refractivity contribution >= 4 is 0 Å². The number of ether oxygens (including phenoxy) is 1. The van der Waals surface area contributed by atoms with E-state index in [0.29, 0.717) is 11.6 Å². The van der Waals surface area contributed by atoms with E-state index in [1.54, 1.807) is 6.07 Å². The Balaban J connectivity index is 2.78. The molecule has 1 rings (SSSR count). The van der Waals surface area contributed by atoms with Crippen LogP contribution in [-0.4, -0.2) is 12.3 Å². The maximum absolute atomic E-state index is 5.49. The second-order valence-corrected chi connectivity index (χ2v) is 2.06. The number of aromatic nitrogens is 1. The molecule has 56 valence electrons. The standard InChI is InChI=1S/C6H10N2O2/c1-4(7)5-3-6(9-2)8-10-5/h3-4H,7H2,1-2H3. The Kier molecular flexibility index (Phi) is 1.91. The molecule has 0 aliphatic rings. The van der Waals surface area contributed by atoms with E-state index < -0.39 is 0 Å². The quantitative estimate of drug-likeness (QED) is 0.660. The summed E-state index contributed by atoms with van der Waals surface area (Å²) in [7, 11) is 1.53. The van der Waals surface area contributed by atoms with Crippen LogP contribution in [0.4, 0.5) is 0 Å². The third-order valence-corrected chi connectivity index (χ3v) is 1.16. The molecular weight excluding hydrogens is 132 g/mol. The number of nitrogens with zero attached hydrogens (tertiary/aromatic N) is 1. The second kappa shape index (κ2) is 2.70. The van der Waals surface area contributed by atoms with Gasteiger partial charge in [-0.15, -0.1) is 0 Å². The van der Waals surface area contributed by atoms with Gasteiger partial charge in [-0.05, 0) is 12.1 Å². The van der Waals surface area contributed by atoms with Crippen LogP contribution >= 0.6 is 0 Å². The molecule has 0 bridgehead atoms. The fourth-order valence-corrected chi connectivity index (χ4v) is 0.583. The summed E-state index contributed by atoms with van der Waals surface area (Å²) in [6.07, 6.45) is 0. The number of hydrogen-bond acceptors (Lipinski definition) is 4. The fourth-order valence-electron chi connectivity index (χ4n) is 0.583. The summed E-state index contributed by atoms with van der Waals surface area (Å²) in [5, 5.41) is 3.58. The molecule has 2 N–H and O–H groups in total. The Morgan fingerprint density at radius 2 is 2.50 bits per heavy atom. The molecule has 0 aliphatic heterocycles. The van der Waals surface area contributed by atoms with Crippen LogP contribution in [0, 0.1) is 0 Å². The third kappa shape index (κ3) is 1.27. The normalized spacial score (nSPS) is 13.1. The average Bonchev–Trinajstić information content (AvgIpc) is 2.34. The lowest BCUT2D eigenvalue weighted by atomic mass is 10.3. The average molecular weight is 142 g/mol. The van der Waals surface area contributed by atoms with Crippen molar-refractivity contribution in [3.8, 4) is 5.88 Å². The van der Waals surface area contributed by atoms with Crippen molar-refractivity contribution in [2.45, 2.75) is 13.0 Å². The van der Waals surface area contributed by atoms with E-state index in [9.17, 15) is 0 Å². The van der Waals surface area contributed by atoms with Crippen molar-refractivity contribution in [1.29, 1.82) is 0 Å². The molecule has 0 fully saturated rings. The maximum atomic E-state index is 5.49. The van der Waals surface area contributed by atoms with Gasteiger partial charge in [-0.3, -0.25) is 0 Å². The van der Waals surface area contributed by atoms with Crippen molar-refractivity contribution in [2.75, 3.05) is 7.11 Å². The van der Waals surface area contributed by atoms with Crippen LogP contribution in [-0.2, 0) is 0 Å². The lowest BCUT2D eigenvalue weighted by Gasteiger charge is -1.93. The molecule has 1 atom stereocenters. The van der Waals surface area contributed by atoms with Crippen LogP contribution < -0.4 is 10.5 Å². The Bertz CT molecular complexity index is 207. The van der Waals surface area contributed by atoms with Gasteiger partial charge < -0.3 is 15.0 Å². The van der Waals surface area contributed by atoms with Crippen LogP contribution in [0.1, 0.15) is 18.7 Å². The van der Waals surface area contributed by atoms with Gasteiger partial charge in [0.25, 0.3) is 5.88 Å². The van der Waals surface area contributed by atoms with E-state index >= 15 is 0 Å². The molecule has 4 nitrogen and oxygen atoms in total. The van der Waals surface area contributed by atoms with Crippen LogP contribution in [0.5, 0.6) is 5.88 Å². The zero-order chi connectivity index (χ0) is 7.56. The van der Waals surface area contributed by atoms with Crippen molar-refractivity contribution in [3.05, 3.63) is 11.8 Å².